The van der Waals surface area contributed by atoms with E-state index in [0.29, 0.717) is 12.6 Å². The second-order valence-corrected chi connectivity index (χ2v) is 5.28. The number of unbranched alkanes of at least 4 members (excludes halogenated alkanes) is 1. The summed E-state index contributed by atoms with van der Waals surface area (Å²) in [6, 6.07) is 5.96. The number of nitrogen functional groups attached to an aromatic ring is 1. The lowest BCUT2D eigenvalue weighted by Crippen LogP contribution is -2.19. The summed E-state index contributed by atoms with van der Waals surface area (Å²) in [4.78, 5) is 6.49. The maximum atomic E-state index is 5.99. The van der Waals surface area contributed by atoms with E-state index in [9.17, 15) is 0 Å². The summed E-state index contributed by atoms with van der Waals surface area (Å²) < 4.78 is 7.84. The van der Waals surface area contributed by atoms with Crippen LogP contribution in [0.2, 0.25) is 0 Å². The Kier molecular flexibility index (Phi) is 4.84. The van der Waals surface area contributed by atoms with Gasteiger partial charge < -0.3 is 19.9 Å². The molecule has 20 heavy (non-hydrogen) atoms. The molecule has 1 heterocycles. The van der Waals surface area contributed by atoms with Crippen molar-refractivity contribution in [3.05, 3.63) is 18.2 Å². The van der Waals surface area contributed by atoms with Crippen LogP contribution in [0.1, 0.15) is 19.8 Å². The van der Waals surface area contributed by atoms with Crippen LogP contribution in [0.25, 0.3) is 11.0 Å². The van der Waals surface area contributed by atoms with E-state index in [1.807, 2.05) is 32.3 Å². The molecule has 5 nitrogen and oxygen atoms in total. The van der Waals surface area contributed by atoms with Crippen LogP contribution in [0.15, 0.2) is 18.2 Å². The molecule has 2 rings (SSSR count). The van der Waals surface area contributed by atoms with Gasteiger partial charge in [-0.3, -0.25) is 0 Å². The zero-order valence-corrected chi connectivity index (χ0v) is 12.6. The summed E-state index contributed by atoms with van der Waals surface area (Å²) in [5.41, 5.74) is 7.97. The number of ether oxygens (including phenoxy) is 1. The van der Waals surface area contributed by atoms with Gasteiger partial charge in [0.1, 0.15) is 12.4 Å². The predicted octanol–water partition coefficient (Wildman–Crippen LogP) is 2.36. The molecule has 0 spiro atoms. The third-order valence-electron chi connectivity index (χ3n) is 3.29. The van der Waals surface area contributed by atoms with E-state index in [-0.39, 0.29) is 0 Å². The molecule has 0 saturated carbocycles. The standard InChI is InChI=1S/C15H24N4O/c1-4-5-8-19-14-11-12(20-10-9-18(2)3)6-7-13(14)17-15(19)16/h6-7,11H,4-5,8-10H2,1-3H3,(H2,16,17). The Hall–Kier alpha value is -1.75. The molecule has 0 bridgehead atoms. The van der Waals surface area contributed by atoms with Gasteiger partial charge in [0, 0.05) is 19.2 Å². The number of nitrogens with zero attached hydrogens (tertiary/aromatic N) is 3. The minimum absolute atomic E-state index is 0.582. The molecule has 0 aliphatic heterocycles. The number of rotatable bonds is 7. The maximum absolute atomic E-state index is 5.99. The van der Waals surface area contributed by atoms with Crippen LogP contribution in [0.4, 0.5) is 5.95 Å². The third kappa shape index (κ3) is 3.42. The first kappa shape index (κ1) is 14.7. The maximum Gasteiger partial charge on any atom is 0.201 e. The topological polar surface area (TPSA) is 56.3 Å². The van der Waals surface area contributed by atoms with E-state index in [1.165, 1.54) is 0 Å². The van der Waals surface area contributed by atoms with Crippen molar-refractivity contribution in [1.29, 1.82) is 0 Å². The van der Waals surface area contributed by atoms with Crippen molar-refractivity contribution in [2.24, 2.45) is 0 Å². The van der Waals surface area contributed by atoms with Crippen molar-refractivity contribution in [2.45, 2.75) is 26.3 Å². The lowest BCUT2D eigenvalue weighted by molar-refractivity contribution is 0.261. The fraction of sp³-hybridized carbons (Fsp3) is 0.533. The van der Waals surface area contributed by atoms with Gasteiger partial charge in [0.15, 0.2) is 0 Å². The average molecular weight is 276 g/mol. The van der Waals surface area contributed by atoms with Crippen LogP contribution in [0, 0.1) is 0 Å². The van der Waals surface area contributed by atoms with Crippen molar-refractivity contribution in [3.8, 4) is 5.75 Å². The number of anilines is 1. The molecule has 0 saturated heterocycles. The van der Waals surface area contributed by atoms with Gasteiger partial charge in [-0.15, -0.1) is 0 Å². The van der Waals surface area contributed by atoms with Gasteiger partial charge in [-0.1, -0.05) is 13.3 Å². The van der Waals surface area contributed by atoms with Crippen molar-refractivity contribution in [3.63, 3.8) is 0 Å². The van der Waals surface area contributed by atoms with Crippen molar-refractivity contribution in [2.75, 3.05) is 33.0 Å². The summed E-state index contributed by atoms with van der Waals surface area (Å²) in [7, 11) is 4.07. The van der Waals surface area contributed by atoms with Crippen LogP contribution < -0.4 is 10.5 Å². The molecule has 2 aromatic rings. The van der Waals surface area contributed by atoms with Crippen LogP contribution in [0.5, 0.6) is 5.75 Å². The second-order valence-electron chi connectivity index (χ2n) is 5.28. The van der Waals surface area contributed by atoms with Crippen molar-refractivity contribution >= 4 is 17.0 Å². The number of imidazole rings is 1. The highest BCUT2D eigenvalue weighted by Crippen LogP contribution is 2.23. The second kappa shape index (κ2) is 6.61. The highest BCUT2D eigenvalue weighted by molar-refractivity contribution is 5.79. The van der Waals surface area contributed by atoms with Gasteiger partial charge in [-0.05, 0) is 32.6 Å². The largest absolute Gasteiger partial charge is 0.492 e. The van der Waals surface area contributed by atoms with Gasteiger partial charge in [-0.25, -0.2) is 4.98 Å². The highest BCUT2D eigenvalue weighted by atomic mass is 16.5. The number of nitrogens with two attached hydrogens (primary N) is 1. The predicted molar refractivity (Wildman–Crippen MR) is 83.1 cm³/mol. The molecule has 0 radical (unpaired) electrons. The molecule has 5 heteroatoms. The number of hydrogen-bond acceptors (Lipinski definition) is 4. The first-order valence-corrected chi connectivity index (χ1v) is 7.15. The number of aryl methyl sites for hydroxylation is 1. The van der Waals surface area contributed by atoms with E-state index in [0.717, 1.165) is 42.7 Å². The fourth-order valence-electron chi connectivity index (χ4n) is 2.11. The molecule has 0 fully saturated rings. The molecular weight excluding hydrogens is 252 g/mol. The van der Waals surface area contributed by atoms with Gasteiger partial charge in [0.2, 0.25) is 5.95 Å². The summed E-state index contributed by atoms with van der Waals surface area (Å²) in [5, 5.41) is 0. The normalized spacial score (nSPS) is 11.4. The van der Waals surface area contributed by atoms with Gasteiger partial charge in [0.05, 0.1) is 11.0 Å². The smallest absolute Gasteiger partial charge is 0.201 e. The van der Waals surface area contributed by atoms with Crippen LogP contribution in [-0.2, 0) is 6.54 Å². The Morgan fingerprint density at radius 2 is 2.15 bits per heavy atom. The Morgan fingerprint density at radius 1 is 1.35 bits per heavy atom. The highest BCUT2D eigenvalue weighted by Gasteiger charge is 2.09. The summed E-state index contributed by atoms with van der Waals surface area (Å²) in [6.45, 7) is 4.65. The third-order valence-corrected chi connectivity index (χ3v) is 3.29. The summed E-state index contributed by atoms with van der Waals surface area (Å²) in [5.74, 6) is 1.45. The lowest BCUT2D eigenvalue weighted by Gasteiger charge is -2.11. The molecule has 0 atom stereocenters. The first-order valence-electron chi connectivity index (χ1n) is 7.15. The van der Waals surface area contributed by atoms with E-state index in [1.54, 1.807) is 0 Å². The molecule has 110 valence electrons. The zero-order chi connectivity index (χ0) is 14.5. The summed E-state index contributed by atoms with van der Waals surface area (Å²) >= 11 is 0. The average Bonchev–Trinajstić information content (AvgIpc) is 2.71. The monoisotopic (exact) mass is 276 g/mol. The van der Waals surface area contributed by atoms with Crippen LogP contribution >= 0.6 is 0 Å². The van der Waals surface area contributed by atoms with Gasteiger partial charge in [0.25, 0.3) is 0 Å². The van der Waals surface area contributed by atoms with Gasteiger partial charge in [-0.2, -0.15) is 0 Å². The lowest BCUT2D eigenvalue weighted by atomic mass is 10.3. The number of likely N-dealkylation sites (N-methyl/N-ethyl adjacent to an activating group) is 1. The van der Waals surface area contributed by atoms with E-state index in [4.69, 9.17) is 10.5 Å². The Balaban J connectivity index is 2.18. The molecule has 0 aliphatic rings. The molecule has 0 unspecified atom stereocenters. The van der Waals surface area contributed by atoms with E-state index in [2.05, 4.69) is 21.4 Å². The van der Waals surface area contributed by atoms with E-state index < -0.39 is 0 Å². The van der Waals surface area contributed by atoms with Crippen molar-refractivity contribution in [1.82, 2.24) is 14.5 Å². The first-order chi connectivity index (χ1) is 9.61. The number of fused-ring (bicyclic) bond motifs is 1. The molecule has 0 aliphatic carbocycles. The Bertz CT molecular complexity index is 562. The molecule has 1 aromatic heterocycles. The number of aromatic nitrogens is 2. The molecule has 2 N–H and O–H groups in total. The molecule has 1 aromatic carbocycles. The fourth-order valence-corrected chi connectivity index (χ4v) is 2.11. The van der Waals surface area contributed by atoms with Crippen LogP contribution in [-0.4, -0.2) is 41.7 Å². The number of benzene rings is 1. The Labute approximate surface area is 120 Å². The number of hydrogen-bond donors (Lipinski definition) is 1. The summed E-state index contributed by atoms with van der Waals surface area (Å²) in [6.07, 6.45) is 2.24. The minimum Gasteiger partial charge on any atom is -0.492 e. The van der Waals surface area contributed by atoms with Crippen molar-refractivity contribution < 1.29 is 4.74 Å². The minimum atomic E-state index is 0.582. The van der Waals surface area contributed by atoms with Gasteiger partial charge >= 0.3 is 0 Å². The molecular formula is C15H24N4O. The quantitative estimate of drug-likeness (QED) is 0.843. The SMILES string of the molecule is CCCCn1c(N)nc2ccc(OCCN(C)C)cc21. The van der Waals surface area contributed by atoms with E-state index >= 15 is 0 Å². The molecule has 0 amide bonds. The zero-order valence-electron chi connectivity index (χ0n) is 12.6. The Morgan fingerprint density at radius 3 is 2.85 bits per heavy atom. The van der Waals surface area contributed by atoms with Crippen LogP contribution in [0.3, 0.4) is 0 Å².